The summed E-state index contributed by atoms with van der Waals surface area (Å²) < 4.78 is 5.65. The molecule has 1 aromatic heterocycles. The zero-order valence-electron chi connectivity index (χ0n) is 9.36. The molecule has 0 spiro atoms. The fourth-order valence-electron chi connectivity index (χ4n) is 2.01. The number of pyridine rings is 1. The lowest BCUT2D eigenvalue weighted by Gasteiger charge is -2.23. The van der Waals surface area contributed by atoms with Crippen LogP contribution in [0.5, 0.6) is 5.88 Å². The van der Waals surface area contributed by atoms with Crippen LogP contribution in [-0.2, 0) is 0 Å². The second-order valence-electron chi connectivity index (χ2n) is 4.17. The Morgan fingerprint density at radius 1 is 1.35 bits per heavy atom. The number of carboxylic acid groups (broad SMARTS) is 1. The van der Waals surface area contributed by atoms with Crippen LogP contribution in [0.15, 0.2) is 12.1 Å². The van der Waals surface area contributed by atoms with E-state index in [-0.39, 0.29) is 22.7 Å². The third-order valence-corrected chi connectivity index (χ3v) is 3.10. The van der Waals surface area contributed by atoms with Gasteiger partial charge in [0, 0.05) is 0 Å². The summed E-state index contributed by atoms with van der Waals surface area (Å²) in [5.74, 6) is -0.906. The van der Waals surface area contributed by atoms with Crippen molar-refractivity contribution in [2.24, 2.45) is 0 Å². The van der Waals surface area contributed by atoms with Crippen LogP contribution in [0.2, 0.25) is 5.15 Å². The van der Waals surface area contributed by atoms with Crippen LogP contribution in [0.3, 0.4) is 0 Å². The maximum Gasteiger partial charge on any atom is 0.341 e. The van der Waals surface area contributed by atoms with Crippen molar-refractivity contribution in [1.82, 2.24) is 4.98 Å². The molecule has 1 aliphatic rings. The number of halogens is 1. The molecule has 4 nitrogen and oxygen atoms in total. The number of ether oxygens (including phenoxy) is 1. The van der Waals surface area contributed by atoms with Gasteiger partial charge in [-0.05, 0) is 37.8 Å². The first-order valence-electron chi connectivity index (χ1n) is 5.73. The van der Waals surface area contributed by atoms with E-state index in [1.54, 1.807) is 0 Å². The van der Waals surface area contributed by atoms with Crippen LogP contribution >= 0.6 is 11.6 Å². The van der Waals surface area contributed by atoms with Crippen molar-refractivity contribution in [3.63, 3.8) is 0 Å². The lowest BCUT2D eigenvalue weighted by Crippen LogP contribution is -2.21. The molecule has 1 saturated carbocycles. The second-order valence-corrected chi connectivity index (χ2v) is 4.56. The van der Waals surface area contributed by atoms with Crippen LogP contribution in [0.1, 0.15) is 42.5 Å². The summed E-state index contributed by atoms with van der Waals surface area (Å²) in [5, 5.41) is 9.27. The van der Waals surface area contributed by atoms with Crippen molar-refractivity contribution in [2.45, 2.75) is 38.2 Å². The number of carbonyl (C=O) groups is 1. The number of carboxylic acids is 1. The van der Waals surface area contributed by atoms with Gasteiger partial charge in [-0.15, -0.1) is 0 Å². The summed E-state index contributed by atoms with van der Waals surface area (Å²) >= 11 is 5.76. The predicted octanol–water partition coefficient (Wildman–Crippen LogP) is 3.14. The molecule has 0 saturated heterocycles. The fraction of sp³-hybridized carbons (Fsp3) is 0.500. The number of hydrogen-bond acceptors (Lipinski definition) is 3. The highest BCUT2D eigenvalue weighted by Crippen LogP contribution is 2.25. The van der Waals surface area contributed by atoms with E-state index in [9.17, 15) is 4.79 Å². The maximum absolute atomic E-state index is 11.0. The summed E-state index contributed by atoms with van der Waals surface area (Å²) in [6.45, 7) is 0. The van der Waals surface area contributed by atoms with E-state index < -0.39 is 5.97 Å². The predicted molar refractivity (Wildman–Crippen MR) is 63.7 cm³/mol. The highest BCUT2D eigenvalue weighted by Gasteiger charge is 2.20. The molecule has 92 valence electrons. The molecule has 0 unspecified atom stereocenters. The Morgan fingerprint density at radius 3 is 2.71 bits per heavy atom. The zero-order chi connectivity index (χ0) is 12.3. The number of nitrogens with zero attached hydrogens (tertiary/aromatic N) is 1. The molecule has 0 aliphatic heterocycles. The fourth-order valence-corrected chi connectivity index (χ4v) is 2.15. The molecule has 1 fully saturated rings. The molecule has 0 aromatic carbocycles. The van der Waals surface area contributed by atoms with Gasteiger partial charge in [0.25, 0.3) is 0 Å². The SMILES string of the molecule is O=C(O)c1ccc(Cl)nc1OC1CCCCC1. The van der Waals surface area contributed by atoms with Gasteiger partial charge in [-0.25, -0.2) is 9.78 Å². The largest absolute Gasteiger partial charge is 0.477 e. The first kappa shape index (κ1) is 12.2. The Labute approximate surface area is 105 Å². The topological polar surface area (TPSA) is 59.4 Å². The molecular weight excluding hydrogens is 242 g/mol. The van der Waals surface area contributed by atoms with Gasteiger partial charge in [0.1, 0.15) is 16.8 Å². The lowest BCUT2D eigenvalue weighted by molar-refractivity contribution is 0.0684. The Kier molecular flexibility index (Phi) is 3.84. The van der Waals surface area contributed by atoms with Crippen molar-refractivity contribution in [3.8, 4) is 5.88 Å². The van der Waals surface area contributed by atoms with E-state index in [1.807, 2.05) is 0 Å². The molecule has 1 heterocycles. The summed E-state index contributed by atoms with van der Waals surface area (Å²) in [4.78, 5) is 15.0. The quantitative estimate of drug-likeness (QED) is 0.843. The summed E-state index contributed by atoms with van der Waals surface area (Å²) in [7, 11) is 0. The number of hydrogen-bond donors (Lipinski definition) is 1. The highest BCUT2D eigenvalue weighted by atomic mass is 35.5. The third kappa shape index (κ3) is 3.09. The second kappa shape index (κ2) is 5.36. The molecular formula is C12H14ClNO3. The van der Waals surface area contributed by atoms with E-state index >= 15 is 0 Å². The van der Waals surface area contributed by atoms with Crippen LogP contribution in [0, 0.1) is 0 Å². The van der Waals surface area contributed by atoms with Crippen molar-refractivity contribution in [1.29, 1.82) is 0 Å². The van der Waals surface area contributed by atoms with E-state index in [2.05, 4.69) is 4.98 Å². The van der Waals surface area contributed by atoms with E-state index in [0.29, 0.717) is 0 Å². The minimum atomic E-state index is -1.04. The Bertz CT molecular complexity index is 416. The molecule has 1 aliphatic carbocycles. The average molecular weight is 256 g/mol. The van der Waals surface area contributed by atoms with Crippen LogP contribution in [0.25, 0.3) is 0 Å². The van der Waals surface area contributed by atoms with Gasteiger partial charge in [-0.3, -0.25) is 0 Å². The molecule has 17 heavy (non-hydrogen) atoms. The van der Waals surface area contributed by atoms with Crippen LogP contribution < -0.4 is 4.74 Å². The Morgan fingerprint density at radius 2 is 2.06 bits per heavy atom. The lowest BCUT2D eigenvalue weighted by atomic mass is 9.98. The molecule has 5 heteroatoms. The first-order valence-corrected chi connectivity index (χ1v) is 6.11. The van der Waals surface area contributed by atoms with Crippen molar-refractivity contribution in [3.05, 3.63) is 22.8 Å². The molecule has 1 aromatic rings. The highest BCUT2D eigenvalue weighted by molar-refractivity contribution is 6.29. The molecule has 0 bridgehead atoms. The van der Waals surface area contributed by atoms with Crippen molar-refractivity contribution >= 4 is 17.6 Å². The van der Waals surface area contributed by atoms with Gasteiger partial charge in [0.15, 0.2) is 0 Å². The monoisotopic (exact) mass is 255 g/mol. The standard InChI is InChI=1S/C12H14ClNO3/c13-10-7-6-9(12(15)16)11(14-10)17-8-4-2-1-3-5-8/h6-8H,1-5H2,(H,15,16). The summed E-state index contributed by atoms with van der Waals surface area (Å²) in [6.07, 6.45) is 5.42. The third-order valence-electron chi connectivity index (χ3n) is 2.89. The zero-order valence-corrected chi connectivity index (χ0v) is 10.1. The smallest absolute Gasteiger partial charge is 0.341 e. The van der Waals surface area contributed by atoms with Crippen molar-refractivity contribution < 1.29 is 14.6 Å². The molecule has 1 N–H and O–H groups in total. The Balaban J connectivity index is 2.17. The normalized spacial score (nSPS) is 16.8. The molecule has 0 amide bonds. The van der Waals surface area contributed by atoms with Crippen LogP contribution in [0.4, 0.5) is 0 Å². The van der Waals surface area contributed by atoms with Crippen molar-refractivity contribution in [2.75, 3.05) is 0 Å². The van der Waals surface area contributed by atoms with Gasteiger partial charge in [-0.2, -0.15) is 0 Å². The summed E-state index contributed by atoms with van der Waals surface area (Å²) in [5.41, 5.74) is 0.0694. The van der Waals surface area contributed by atoms with Gasteiger partial charge in [-0.1, -0.05) is 18.0 Å². The van der Waals surface area contributed by atoms with E-state index in [4.69, 9.17) is 21.4 Å². The maximum atomic E-state index is 11.0. The molecule has 0 radical (unpaired) electrons. The van der Waals surface area contributed by atoms with Gasteiger partial charge in [0.05, 0.1) is 0 Å². The molecule has 2 rings (SSSR count). The number of aromatic carboxylic acids is 1. The number of aromatic nitrogens is 1. The van der Waals surface area contributed by atoms with Gasteiger partial charge < -0.3 is 9.84 Å². The van der Waals surface area contributed by atoms with Gasteiger partial charge >= 0.3 is 5.97 Å². The molecule has 0 atom stereocenters. The average Bonchev–Trinajstić information content (AvgIpc) is 2.30. The minimum absolute atomic E-state index is 0.0628. The Hall–Kier alpha value is -1.29. The van der Waals surface area contributed by atoms with Gasteiger partial charge in [0.2, 0.25) is 5.88 Å². The minimum Gasteiger partial charge on any atom is -0.477 e. The van der Waals surface area contributed by atoms with E-state index in [1.165, 1.54) is 18.6 Å². The first-order chi connectivity index (χ1) is 8.16. The summed E-state index contributed by atoms with van der Waals surface area (Å²) in [6, 6.07) is 2.88. The number of rotatable bonds is 3. The van der Waals surface area contributed by atoms with Crippen LogP contribution in [-0.4, -0.2) is 22.2 Å². The van der Waals surface area contributed by atoms with E-state index in [0.717, 1.165) is 25.7 Å².